The number of pyridine rings is 1. The van der Waals surface area contributed by atoms with Crippen LogP contribution in [0.5, 0.6) is 5.75 Å². The molecule has 0 fully saturated rings. The largest absolute Gasteiger partial charge is 0.494 e. The zero-order valence-corrected chi connectivity index (χ0v) is 9.90. The maximum atomic E-state index is 5.53. The van der Waals surface area contributed by atoms with Crippen molar-refractivity contribution in [2.75, 3.05) is 7.11 Å². The van der Waals surface area contributed by atoms with Crippen molar-refractivity contribution in [1.82, 2.24) is 4.98 Å². The van der Waals surface area contributed by atoms with Gasteiger partial charge >= 0.3 is 0 Å². The van der Waals surface area contributed by atoms with Gasteiger partial charge in [0.25, 0.3) is 0 Å². The lowest BCUT2D eigenvalue weighted by atomic mass is 10.1. The average molecular weight is 223 g/mol. The van der Waals surface area contributed by atoms with Crippen LogP contribution >= 0.6 is 0 Å². The van der Waals surface area contributed by atoms with Crippen LogP contribution in [0.1, 0.15) is 5.69 Å². The Morgan fingerprint density at radius 3 is 2.65 bits per heavy atom. The van der Waals surface area contributed by atoms with Crippen molar-refractivity contribution in [3.05, 3.63) is 48.2 Å². The molecule has 84 valence electrons. The number of ether oxygens (including phenoxy) is 1. The number of rotatable bonds is 1. The molecule has 0 aliphatic heterocycles. The zero-order chi connectivity index (χ0) is 11.8. The summed E-state index contributed by atoms with van der Waals surface area (Å²) in [5.41, 5.74) is 1.94. The molecule has 0 bridgehead atoms. The number of nitrogens with zero attached hydrogens (tertiary/aromatic N) is 1. The lowest BCUT2D eigenvalue weighted by Gasteiger charge is -2.09. The summed E-state index contributed by atoms with van der Waals surface area (Å²) in [5, 5.41) is 3.41. The predicted octanol–water partition coefficient (Wildman–Crippen LogP) is 3.71. The second-order valence-electron chi connectivity index (χ2n) is 4.16. The summed E-state index contributed by atoms with van der Waals surface area (Å²) in [6.07, 6.45) is 0. The second-order valence-corrected chi connectivity index (χ2v) is 4.16. The summed E-state index contributed by atoms with van der Waals surface area (Å²) in [6, 6.07) is 14.5. The Hall–Kier alpha value is -2.09. The van der Waals surface area contributed by atoms with Crippen LogP contribution in [0.15, 0.2) is 42.5 Å². The van der Waals surface area contributed by atoms with Gasteiger partial charge in [-0.25, -0.2) is 4.98 Å². The number of benzene rings is 2. The van der Waals surface area contributed by atoms with Crippen LogP contribution in [0.3, 0.4) is 0 Å². The maximum absolute atomic E-state index is 5.53. The minimum absolute atomic E-state index is 0.863. The van der Waals surface area contributed by atoms with E-state index in [1.165, 1.54) is 5.39 Å². The molecule has 1 heterocycles. The van der Waals surface area contributed by atoms with E-state index in [2.05, 4.69) is 29.2 Å². The fourth-order valence-corrected chi connectivity index (χ4v) is 2.20. The average Bonchev–Trinajstić information content (AvgIpc) is 2.36. The first-order valence-corrected chi connectivity index (χ1v) is 5.62. The van der Waals surface area contributed by atoms with E-state index in [1.54, 1.807) is 7.11 Å². The molecule has 0 saturated carbocycles. The van der Waals surface area contributed by atoms with E-state index in [0.29, 0.717) is 0 Å². The highest BCUT2D eigenvalue weighted by molar-refractivity contribution is 6.03. The van der Waals surface area contributed by atoms with E-state index in [1.807, 2.05) is 25.1 Å². The topological polar surface area (TPSA) is 22.1 Å². The van der Waals surface area contributed by atoms with Gasteiger partial charge in [0.05, 0.1) is 7.11 Å². The molecule has 2 nitrogen and oxygen atoms in total. The van der Waals surface area contributed by atoms with Crippen molar-refractivity contribution in [3.8, 4) is 5.75 Å². The summed E-state index contributed by atoms with van der Waals surface area (Å²) < 4.78 is 5.53. The van der Waals surface area contributed by atoms with Crippen molar-refractivity contribution < 1.29 is 4.74 Å². The molecule has 1 aromatic heterocycles. The van der Waals surface area contributed by atoms with E-state index < -0.39 is 0 Å². The van der Waals surface area contributed by atoms with E-state index in [0.717, 1.165) is 27.7 Å². The van der Waals surface area contributed by atoms with Gasteiger partial charge in [-0.2, -0.15) is 0 Å². The number of aromatic nitrogens is 1. The summed E-state index contributed by atoms with van der Waals surface area (Å²) in [5.74, 6) is 0.863. The normalized spacial score (nSPS) is 10.9. The van der Waals surface area contributed by atoms with Gasteiger partial charge in [0, 0.05) is 16.5 Å². The highest BCUT2D eigenvalue weighted by Gasteiger charge is 2.08. The molecule has 0 spiro atoms. The Morgan fingerprint density at radius 2 is 1.82 bits per heavy atom. The molecule has 0 N–H and O–H groups in total. The fourth-order valence-electron chi connectivity index (χ4n) is 2.20. The molecule has 0 amide bonds. The van der Waals surface area contributed by atoms with E-state index in [9.17, 15) is 0 Å². The van der Waals surface area contributed by atoms with Gasteiger partial charge in [-0.05, 0) is 24.4 Å². The lowest BCUT2D eigenvalue weighted by Crippen LogP contribution is -1.91. The van der Waals surface area contributed by atoms with Crippen LogP contribution in [0.2, 0.25) is 0 Å². The van der Waals surface area contributed by atoms with Gasteiger partial charge < -0.3 is 4.74 Å². The smallest absolute Gasteiger partial charge is 0.152 e. The Labute approximate surface area is 99.9 Å². The first kappa shape index (κ1) is 10.1. The number of hydrogen-bond donors (Lipinski definition) is 0. The first-order chi connectivity index (χ1) is 8.29. The van der Waals surface area contributed by atoms with Crippen molar-refractivity contribution in [2.24, 2.45) is 0 Å². The zero-order valence-electron chi connectivity index (χ0n) is 9.90. The molecule has 0 saturated heterocycles. The highest BCUT2D eigenvalue weighted by atomic mass is 16.5. The van der Waals surface area contributed by atoms with Gasteiger partial charge in [0.1, 0.15) is 5.52 Å². The lowest BCUT2D eigenvalue weighted by molar-refractivity contribution is 0.423. The monoisotopic (exact) mass is 223 g/mol. The Bertz CT molecular complexity index is 704. The summed E-state index contributed by atoms with van der Waals surface area (Å²) in [6.45, 7) is 1.99. The molecule has 3 aromatic rings. The Balaban J connectivity index is 2.54. The Kier molecular flexibility index (Phi) is 2.22. The third kappa shape index (κ3) is 1.53. The molecule has 17 heavy (non-hydrogen) atoms. The molecular formula is C15H13NO. The highest BCUT2D eigenvalue weighted by Crippen LogP contribution is 2.33. The third-order valence-electron chi connectivity index (χ3n) is 3.00. The second kappa shape index (κ2) is 3.74. The van der Waals surface area contributed by atoms with Crippen LogP contribution < -0.4 is 4.74 Å². The molecule has 0 aliphatic carbocycles. The molecule has 0 radical (unpaired) electrons. The van der Waals surface area contributed by atoms with Crippen molar-refractivity contribution >= 4 is 21.7 Å². The van der Waals surface area contributed by atoms with Crippen LogP contribution in [0.25, 0.3) is 21.7 Å². The van der Waals surface area contributed by atoms with Crippen molar-refractivity contribution in [2.45, 2.75) is 6.92 Å². The van der Waals surface area contributed by atoms with E-state index in [4.69, 9.17) is 4.74 Å². The fraction of sp³-hybridized carbons (Fsp3) is 0.133. The molecule has 2 aromatic carbocycles. The predicted molar refractivity (Wildman–Crippen MR) is 70.5 cm³/mol. The molecule has 0 atom stereocenters. The summed E-state index contributed by atoms with van der Waals surface area (Å²) in [7, 11) is 1.70. The quantitative estimate of drug-likeness (QED) is 0.587. The molecule has 3 rings (SSSR count). The summed E-state index contributed by atoms with van der Waals surface area (Å²) >= 11 is 0. The third-order valence-corrected chi connectivity index (χ3v) is 3.00. The van der Waals surface area contributed by atoms with Gasteiger partial charge in [-0.3, -0.25) is 0 Å². The number of fused-ring (bicyclic) bond motifs is 2. The standard InChI is InChI=1S/C15H13NO/c1-10-7-8-12-9-11-5-3-4-6-13(11)15(17-2)14(12)16-10/h3-9H,1-2H3. The van der Waals surface area contributed by atoms with Crippen molar-refractivity contribution in [1.29, 1.82) is 0 Å². The molecule has 0 unspecified atom stereocenters. The molecular weight excluding hydrogens is 210 g/mol. The van der Waals surface area contributed by atoms with Gasteiger partial charge in [0.2, 0.25) is 0 Å². The number of methoxy groups -OCH3 is 1. The van der Waals surface area contributed by atoms with Crippen LogP contribution in [-0.4, -0.2) is 12.1 Å². The number of hydrogen-bond acceptors (Lipinski definition) is 2. The van der Waals surface area contributed by atoms with Crippen LogP contribution in [0, 0.1) is 6.92 Å². The molecule has 0 aliphatic rings. The first-order valence-electron chi connectivity index (χ1n) is 5.62. The minimum Gasteiger partial charge on any atom is -0.494 e. The Morgan fingerprint density at radius 1 is 1.00 bits per heavy atom. The van der Waals surface area contributed by atoms with Crippen molar-refractivity contribution in [3.63, 3.8) is 0 Å². The SMILES string of the molecule is COc1c2ccccc2cc2ccc(C)nc12. The summed E-state index contributed by atoms with van der Waals surface area (Å²) in [4.78, 5) is 4.57. The van der Waals surface area contributed by atoms with Gasteiger partial charge in [0.15, 0.2) is 5.75 Å². The van der Waals surface area contributed by atoms with Gasteiger partial charge in [-0.1, -0.05) is 30.3 Å². The minimum atomic E-state index is 0.863. The van der Waals surface area contributed by atoms with E-state index >= 15 is 0 Å². The van der Waals surface area contributed by atoms with Crippen LogP contribution in [0.4, 0.5) is 0 Å². The van der Waals surface area contributed by atoms with Gasteiger partial charge in [-0.15, -0.1) is 0 Å². The van der Waals surface area contributed by atoms with E-state index in [-0.39, 0.29) is 0 Å². The van der Waals surface area contributed by atoms with Crippen LogP contribution in [-0.2, 0) is 0 Å². The number of aryl methyl sites for hydroxylation is 1. The molecule has 2 heteroatoms. The maximum Gasteiger partial charge on any atom is 0.152 e.